The lowest BCUT2D eigenvalue weighted by Crippen LogP contribution is -2.49. The molecule has 4 amide bonds. The molecule has 1 saturated heterocycles. The van der Waals surface area contributed by atoms with Crippen LogP contribution < -0.4 is 20.3 Å². The molecule has 2 aromatic heterocycles. The fourth-order valence-electron chi connectivity index (χ4n) is 5.51. The summed E-state index contributed by atoms with van der Waals surface area (Å²) in [6, 6.07) is 13.0. The fourth-order valence-corrected chi connectivity index (χ4v) is 6.54. The van der Waals surface area contributed by atoms with E-state index in [9.17, 15) is 14.4 Å². The van der Waals surface area contributed by atoms with Crippen molar-refractivity contribution in [2.45, 2.75) is 45.6 Å². The number of thiophene rings is 1. The minimum absolute atomic E-state index is 0.0487. The number of anilines is 3. The molecule has 2 aromatic carbocycles. The van der Waals surface area contributed by atoms with E-state index in [0.717, 1.165) is 19.3 Å². The standard InChI is InChI=1S/C31H30FN5O4S/c1-3-8-24(38)36-16-7-9-19(17-36)34-29(39)28-27-25-22(14-15-33-30(25)42-28)37(31(40)35-27)21-12-13-23(26(32)18(21)2)41-20-10-5-4-6-11-20/h4-6,10-15,19H,3,7-9,16-17H2,1-2H3,(H,34,39)(H,35,40)/t19-/m1/s1. The Morgan fingerprint density at radius 3 is 2.76 bits per heavy atom. The molecule has 0 aliphatic carbocycles. The molecule has 0 radical (unpaired) electrons. The van der Waals surface area contributed by atoms with E-state index >= 15 is 4.39 Å². The molecule has 0 spiro atoms. The maximum Gasteiger partial charge on any atom is 0.331 e. The van der Waals surface area contributed by atoms with E-state index in [1.807, 2.05) is 17.9 Å². The molecule has 0 saturated carbocycles. The predicted octanol–water partition coefficient (Wildman–Crippen LogP) is 6.74. The highest BCUT2D eigenvalue weighted by Crippen LogP contribution is 2.47. The van der Waals surface area contributed by atoms with Crippen LogP contribution in [-0.2, 0) is 4.79 Å². The molecule has 4 heterocycles. The highest BCUT2D eigenvalue weighted by atomic mass is 32.1. The maximum absolute atomic E-state index is 15.5. The van der Waals surface area contributed by atoms with Crippen molar-refractivity contribution >= 4 is 56.5 Å². The molecular formula is C31H30FN5O4S. The van der Waals surface area contributed by atoms with Gasteiger partial charge >= 0.3 is 6.03 Å². The van der Waals surface area contributed by atoms with Crippen LogP contribution in [0.1, 0.15) is 47.8 Å². The zero-order valence-electron chi connectivity index (χ0n) is 23.3. The molecule has 9 nitrogen and oxygen atoms in total. The van der Waals surface area contributed by atoms with Crippen LogP contribution >= 0.6 is 11.3 Å². The van der Waals surface area contributed by atoms with E-state index in [4.69, 9.17) is 4.74 Å². The Balaban J connectivity index is 1.29. The Kier molecular flexibility index (Phi) is 7.51. The lowest BCUT2D eigenvalue weighted by Gasteiger charge is -2.33. The first-order valence-electron chi connectivity index (χ1n) is 14.0. The SMILES string of the molecule is CCCC(=O)N1CCC[C@@H](NC(=O)c2sc3nccc4c3c2NC(=O)N4c2ccc(Oc3ccccc3)c(F)c2C)C1. The van der Waals surface area contributed by atoms with Gasteiger partial charge in [0, 0.05) is 37.3 Å². The van der Waals surface area contributed by atoms with Crippen molar-refractivity contribution in [2.75, 3.05) is 23.3 Å². The highest BCUT2D eigenvalue weighted by molar-refractivity contribution is 7.21. The van der Waals surface area contributed by atoms with Crippen LogP contribution in [0.15, 0.2) is 54.7 Å². The van der Waals surface area contributed by atoms with Gasteiger partial charge in [-0.2, -0.15) is 0 Å². The topological polar surface area (TPSA) is 104 Å². The van der Waals surface area contributed by atoms with Gasteiger partial charge in [0.2, 0.25) is 5.91 Å². The van der Waals surface area contributed by atoms with Crippen LogP contribution in [0.4, 0.5) is 26.2 Å². The molecular weight excluding hydrogens is 557 g/mol. The molecule has 1 atom stereocenters. The number of nitrogens with zero attached hydrogens (tertiary/aromatic N) is 3. The number of halogens is 1. The van der Waals surface area contributed by atoms with Gasteiger partial charge in [0.1, 0.15) is 15.5 Å². The van der Waals surface area contributed by atoms with Crippen molar-refractivity contribution in [1.82, 2.24) is 15.2 Å². The third-order valence-corrected chi connectivity index (χ3v) is 8.66. The van der Waals surface area contributed by atoms with Crippen LogP contribution in [0.2, 0.25) is 0 Å². The number of nitrogens with one attached hydrogen (secondary N) is 2. The number of urea groups is 1. The van der Waals surface area contributed by atoms with E-state index < -0.39 is 11.8 Å². The first-order chi connectivity index (χ1) is 20.4. The third kappa shape index (κ3) is 5.04. The van der Waals surface area contributed by atoms with Crippen molar-refractivity contribution < 1.29 is 23.5 Å². The monoisotopic (exact) mass is 587 g/mol. The number of benzene rings is 2. The van der Waals surface area contributed by atoms with Gasteiger partial charge < -0.3 is 20.3 Å². The molecule has 0 unspecified atom stereocenters. The molecule has 2 N–H and O–H groups in total. The number of piperidine rings is 1. The number of hydrogen-bond acceptors (Lipinski definition) is 6. The Labute approximate surface area is 246 Å². The average molecular weight is 588 g/mol. The summed E-state index contributed by atoms with van der Waals surface area (Å²) in [5.41, 5.74) is 1.47. The van der Waals surface area contributed by atoms with E-state index in [-0.39, 0.29) is 29.2 Å². The van der Waals surface area contributed by atoms with Crippen molar-refractivity contribution in [3.05, 3.63) is 71.0 Å². The van der Waals surface area contributed by atoms with E-state index in [2.05, 4.69) is 15.6 Å². The van der Waals surface area contributed by atoms with Gasteiger partial charge in [0.25, 0.3) is 5.91 Å². The van der Waals surface area contributed by atoms with Crippen molar-refractivity contribution in [1.29, 1.82) is 0 Å². The van der Waals surface area contributed by atoms with Crippen LogP contribution in [0, 0.1) is 12.7 Å². The highest BCUT2D eigenvalue weighted by Gasteiger charge is 2.35. The summed E-state index contributed by atoms with van der Waals surface area (Å²) >= 11 is 1.19. The zero-order valence-corrected chi connectivity index (χ0v) is 24.1. The van der Waals surface area contributed by atoms with Gasteiger partial charge in [-0.1, -0.05) is 25.1 Å². The predicted molar refractivity (Wildman–Crippen MR) is 160 cm³/mol. The van der Waals surface area contributed by atoms with Crippen LogP contribution in [-0.4, -0.2) is 46.9 Å². The summed E-state index contributed by atoms with van der Waals surface area (Å²) in [5, 5.41) is 6.54. The second-order valence-corrected chi connectivity index (χ2v) is 11.4. The summed E-state index contributed by atoms with van der Waals surface area (Å²) in [6.07, 6.45) is 4.41. The molecule has 11 heteroatoms. The van der Waals surface area contributed by atoms with Gasteiger partial charge in [-0.15, -0.1) is 11.3 Å². The average Bonchev–Trinajstić information content (AvgIpc) is 3.36. The van der Waals surface area contributed by atoms with Gasteiger partial charge in [-0.3, -0.25) is 14.5 Å². The van der Waals surface area contributed by atoms with E-state index in [1.54, 1.807) is 49.5 Å². The molecule has 42 heavy (non-hydrogen) atoms. The number of rotatable bonds is 7. The van der Waals surface area contributed by atoms with Gasteiger partial charge in [0.05, 0.1) is 22.4 Å². The van der Waals surface area contributed by atoms with Gasteiger partial charge in [-0.05, 0) is 56.5 Å². The largest absolute Gasteiger partial charge is 0.454 e. The molecule has 1 fully saturated rings. The number of aromatic nitrogens is 1. The number of ether oxygens (including phenoxy) is 1. The van der Waals surface area contributed by atoms with E-state index in [0.29, 0.717) is 57.4 Å². The number of carbonyl (C=O) groups excluding carboxylic acids is 3. The summed E-state index contributed by atoms with van der Waals surface area (Å²) in [4.78, 5) is 48.0. The Morgan fingerprint density at radius 1 is 1.17 bits per heavy atom. The number of carbonyl (C=O) groups is 3. The van der Waals surface area contributed by atoms with Gasteiger partial charge in [0.15, 0.2) is 11.6 Å². The van der Waals surface area contributed by atoms with Crippen molar-refractivity contribution in [2.24, 2.45) is 0 Å². The summed E-state index contributed by atoms with van der Waals surface area (Å²) in [6.45, 7) is 4.72. The summed E-state index contributed by atoms with van der Waals surface area (Å²) < 4.78 is 21.2. The van der Waals surface area contributed by atoms with Gasteiger partial charge in [-0.25, -0.2) is 14.2 Å². The maximum atomic E-state index is 15.5. The first kappa shape index (κ1) is 27.6. The second kappa shape index (κ2) is 11.4. The van der Waals surface area contributed by atoms with E-state index in [1.165, 1.54) is 22.3 Å². The Hall–Kier alpha value is -4.51. The molecule has 4 aromatic rings. The van der Waals surface area contributed by atoms with Crippen LogP contribution in [0.25, 0.3) is 10.2 Å². The van der Waals surface area contributed by atoms with Crippen LogP contribution in [0.3, 0.4) is 0 Å². The number of amides is 4. The summed E-state index contributed by atoms with van der Waals surface area (Å²) in [5.74, 6) is -0.261. The minimum atomic E-state index is -0.579. The number of hydrogen-bond donors (Lipinski definition) is 2. The first-order valence-corrected chi connectivity index (χ1v) is 14.8. The molecule has 0 bridgehead atoms. The minimum Gasteiger partial charge on any atom is -0.454 e. The summed E-state index contributed by atoms with van der Waals surface area (Å²) in [7, 11) is 0. The van der Waals surface area contributed by atoms with Crippen LogP contribution in [0.5, 0.6) is 11.5 Å². The van der Waals surface area contributed by atoms with Crippen molar-refractivity contribution in [3.8, 4) is 11.5 Å². The Bertz CT molecular complexity index is 1690. The Morgan fingerprint density at radius 2 is 1.98 bits per heavy atom. The normalized spacial score (nSPS) is 16.4. The zero-order chi connectivity index (χ0) is 29.4. The molecule has 6 rings (SSSR count). The number of para-hydroxylation sites is 1. The molecule has 2 aliphatic rings. The lowest BCUT2D eigenvalue weighted by atomic mass is 10.0. The fraction of sp³-hybridized carbons (Fsp3) is 0.290. The second-order valence-electron chi connectivity index (χ2n) is 10.4. The molecule has 2 aliphatic heterocycles. The smallest absolute Gasteiger partial charge is 0.331 e. The lowest BCUT2D eigenvalue weighted by molar-refractivity contribution is -0.132. The number of pyridine rings is 1. The third-order valence-electron chi connectivity index (χ3n) is 7.56. The van der Waals surface area contributed by atoms with Crippen molar-refractivity contribution in [3.63, 3.8) is 0 Å². The number of likely N-dealkylation sites (tertiary alicyclic amines) is 1. The quantitative estimate of drug-likeness (QED) is 0.249. The molecule has 216 valence electrons.